The number of nitrogens with zero attached hydrogens (tertiary/aromatic N) is 1. The van der Waals surface area contributed by atoms with E-state index in [0.717, 1.165) is 17.7 Å². The minimum atomic E-state index is -0.233. The molecule has 0 aliphatic carbocycles. The first-order valence-electron chi connectivity index (χ1n) is 6.77. The first-order valence-corrected chi connectivity index (χ1v) is 6.77. The predicted octanol–water partition coefficient (Wildman–Crippen LogP) is 3.54. The van der Waals surface area contributed by atoms with Crippen molar-refractivity contribution < 1.29 is 4.39 Å². The number of aryl methyl sites for hydroxylation is 2. The van der Waals surface area contributed by atoms with Gasteiger partial charge in [-0.3, -0.25) is 0 Å². The van der Waals surface area contributed by atoms with Gasteiger partial charge in [0.05, 0.1) is 0 Å². The summed E-state index contributed by atoms with van der Waals surface area (Å²) in [5, 5.41) is 0. The zero-order chi connectivity index (χ0) is 14.7. The monoisotopic (exact) mass is 272 g/mol. The van der Waals surface area contributed by atoms with Crippen molar-refractivity contribution in [1.82, 2.24) is 0 Å². The molecule has 2 nitrogen and oxygen atoms in total. The molecule has 2 N–H and O–H groups in total. The molecular formula is C17H21FN2. The molecule has 0 aliphatic heterocycles. The summed E-state index contributed by atoms with van der Waals surface area (Å²) in [6, 6.07) is 11.2. The second-order valence-electron chi connectivity index (χ2n) is 5.26. The van der Waals surface area contributed by atoms with Gasteiger partial charge in [0.2, 0.25) is 0 Å². The van der Waals surface area contributed by atoms with E-state index in [0.29, 0.717) is 6.54 Å². The molecule has 0 saturated heterocycles. The molecule has 106 valence electrons. The van der Waals surface area contributed by atoms with Crippen molar-refractivity contribution in [3.8, 4) is 0 Å². The second kappa shape index (κ2) is 6.06. The smallest absolute Gasteiger partial charge is 0.123 e. The molecule has 3 heteroatoms. The van der Waals surface area contributed by atoms with Crippen LogP contribution in [0.2, 0.25) is 0 Å². The van der Waals surface area contributed by atoms with Crippen LogP contribution in [0.3, 0.4) is 0 Å². The average Bonchev–Trinajstić information content (AvgIpc) is 2.40. The fourth-order valence-corrected chi connectivity index (χ4v) is 2.51. The first kappa shape index (κ1) is 14.5. The van der Waals surface area contributed by atoms with Crippen molar-refractivity contribution in [2.75, 3.05) is 11.9 Å². The maximum Gasteiger partial charge on any atom is 0.123 e. The van der Waals surface area contributed by atoms with E-state index >= 15 is 0 Å². The Hall–Kier alpha value is -1.87. The van der Waals surface area contributed by atoms with E-state index in [2.05, 4.69) is 36.9 Å². The molecule has 20 heavy (non-hydrogen) atoms. The number of benzene rings is 2. The van der Waals surface area contributed by atoms with Crippen LogP contribution in [0.1, 0.15) is 22.3 Å². The number of anilines is 1. The van der Waals surface area contributed by atoms with E-state index in [1.165, 1.54) is 28.9 Å². The normalized spacial score (nSPS) is 10.7. The predicted molar refractivity (Wildman–Crippen MR) is 82.3 cm³/mol. The van der Waals surface area contributed by atoms with Crippen LogP contribution in [0.4, 0.5) is 10.1 Å². The van der Waals surface area contributed by atoms with Gasteiger partial charge in [-0.1, -0.05) is 23.8 Å². The molecule has 0 amide bonds. The Kier molecular flexibility index (Phi) is 4.40. The van der Waals surface area contributed by atoms with Gasteiger partial charge in [0.15, 0.2) is 0 Å². The summed E-state index contributed by atoms with van der Waals surface area (Å²) in [4.78, 5) is 2.17. The van der Waals surface area contributed by atoms with Crippen LogP contribution in [0, 0.1) is 19.7 Å². The number of nitrogens with two attached hydrogens (primary N) is 1. The summed E-state index contributed by atoms with van der Waals surface area (Å²) < 4.78 is 13.2. The van der Waals surface area contributed by atoms with E-state index < -0.39 is 0 Å². The molecule has 2 aromatic rings. The Labute approximate surface area is 120 Å². The molecule has 2 rings (SSSR count). The van der Waals surface area contributed by atoms with Gasteiger partial charge < -0.3 is 10.6 Å². The maximum atomic E-state index is 13.2. The van der Waals surface area contributed by atoms with E-state index in [-0.39, 0.29) is 5.82 Å². The van der Waals surface area contributed by atoms with Crippen LogP contribution >= 0.6 is 0 Å². The molecule has 0 unspecified atom stereocenters. The van der Waals surface area contributed by atoms with Crippen molar-refractivity contribution in [1.29, 1.82) is 0 Å². The Morgan fingerprint density at radius 2 is 1.80 bits per heavy atom. The third-order valence-electron chi connectivity index (χ3n) is 3.56. The summed E-state index contributed by atoms with van der Waals surface area (Å²) in [6.45, 7) is 5.27. The van der Waals surface area contributed by atoms with Crippen LogP contribution in [-0.2, 0) is 13.1 Å². The highest BCUT2D eigenvalue weighted by Crippen LogP contribution is 2.23. The van der Waals surface area contributed by atoms with Crippen LogP contribution in [0.15, 0.2) is 36.4 Å². The van der Waals surface area contributed by atoms with Crippen LogP contribution in [-0.4, -0.2) is 7.05 Å². The Morgan fingerprint density at radius 1 is 1.05 bits per heavy atom. The summed E-state index contributed by atoms with van der Waals surface area (Å²) in [5.41, 5.74) is 11.3. The molecule has 0 fully saturated rings. The third-order valence-corrected chi connectivity index (χ3v) is 3.56. The van der Waals surface area contributed by atoms with Crippen molar-refractivity contribution in [3.63, 3.8) is 0 Å². The molecule has 0 spiro atoms. The van der Waals surface area contributed by atoms with Gasteiger partial charge in [-0.05, 0) is 48.7 Å². The third kappa shape index (κ3) is 3.17. The molecule has 0 radical (unpaired) electrons. The van der Waals surface area contributed by atoms with Gasteiger partial charge in [0, 0.05) is 25.8 Å². The van der Waals surface area contributed by atoms with Crippen LogP contribution in [0.25, 0.3) is 0 Å². The Bertz CT molecular complexity index is 608. The lowest BCUT2D eigenvalue weighted by Crippen LogP contribution is -2.19. The largest absolute Gasteiger partial charge is 0.370 e. The standard InChI is InChI=1S/C17H21FN2/c1-12-4-7-17(13(2)8-12)20(3)11-14-5-6-16(18)9-15(14)10-19/h4-9H,10-11,19H2,1-3H3. The first-order chi connectivity index (χ1) is 9.51. The lowest BCUT2D eigenvalue weighted by atomic mass is 10.1. The van der Waals surface area contributed by atoms with E-state index in [1.54, 1.807) is 0 Å². The molecule has 2 aromatic carbocycles. The van der Waals surface area contributed by atoms with Crippen molar-refractivity contribution in [2.45, 2.75) is 26.9 Å². The minimum Gasteiger partial charge on any atom is -0.370 e. The van der Waals surface area contributed by atoms with Gasteiger partial charge >= 0.3 is 0 Å². The summed E-state index contributed by atoms with van der Waals surface area (Å²) >= 11 is 0. The zero-order valence-corrected chi connectivity index (χ0v) is 12.3. The fourth-order valence-electron chi connectivity index (χ4n) is 2.51. The molecular weight excluding hydrogens is 251 g/mol. The molecule has 0 bridgehead atoms. The topological polar surface area (TPSA) is 29.3 Å². The second-order valence-corrected chi connectivity index (χ2v) is 5.26. The average molecular weight is 272 g/mol. The molecule has 0 aliphatic rings. The highest BCUT2D eigenvalue weighted by atomic mass is 19.1. The van der Waals surface area contributed by atoms with Gasteiger partial charge in [-0.2, -0.15) is 0 Å². The summed E-state index contributed by atoms with van der Waals surface area (Å²) in [6.07, 6.45) is 0. The molecule has 0 heterocycles. The van der Waals surface area contributed by atoms with E-state index in [4.69, 9.17) is 5.73 Å². The molecule has 0 aromatic heterocycles. The molecule has 0 saturated carbocycles. The van der Waals surface area contributed by atoms with Crippen molar-refractivity contribution >= 4 is 5.69 Å². The number of hydrogen-bond donors (Lipinski definition) is 1. The fraction of sp³-hybridized carbons (Fsp3) is 0.294. The Morgan fingerprint density at radius 3 is 2.45 bits per heavy atom. The zero-order valence-electron chi connectivity index (χ0n) is 12.3. The quantitative estimate of drug-likeness (QED) is 0.922. The maximum absolute atomic E-state index is 13.2. The van der Waals surface area contributed by atoms with E-state index in [1.807, 2.05) is 13.1 Å². The van der Waals surface area contributed by atoms with Gasteiger partial charge in [0.25, 0.3) is 0 Å². The highest BCUT2D eigenvalue weighted by Gasteiger charge is 2.09. The van der Waals surface area contributed by atoms with Crippen molar-refractivity contribution in [3.05, 3.63) is 64.5 Å². The number of rotatable bonds is 4. The van der Waals surface area contributed by atoms with Crippen LogP contribution in [0.5, 0.6) is 0 Å². The minimum absolute atomic E-state index is 0.233. The lowest BCUT2D eigenvalue weighted by Gasteiger charge is -2.23. The summed E-state index contributed by atoms with van der Waals surface area (Å²) in [5.74, 6) is -0.233. The highest BCUT2D eigenvalue weighted by molar-refractivity contribution is 5.54. The summed E-state index contributed by atoms with van der Waals surface area (Å²) in [7, 11) is 2.04. The van der Waals surface area contributed by atoms with Gasteiger partial charge in [-0.15, -0.1) is 0 Å². The SMILES string of the molecule is Cc1ccc(N(C)Cc2ccc(F)cc2CN)c(C)c1. The Balaban J connectivity index is 2.25. The lowest BCUT2D eigenvalue weighted by molar-refractivity contribution is 0.624. The van der Waals surface area contributed by atoms with Gasteiger partial charge in [0.1, 0.15) is 5.82 Å². The molecule has 0 atom stereocenters. The van der Waals surface area contributed by atoms with Crippen LogP contribution < -0.4 is 10.6 Å². The number of halogens is 1. The number of hydrogen-bond acceptors (Lipinski definition) is 2. The van der Waals surface area contributed by atoms with Crippen molar-refractivity contribution in [2.24, 2.45) is 5.73 Å². The van der Waals surface area contributed by atoms with Gasteiger partial charge in [-0.25, -0.2) is 4.39 Å². The van der Waals surface area contributed by atoms with E-state index in [9.17, 15) is 4.39 Å².